The Hall–Kier alpha value is -0.990. The lowest BCUT2D eigenvalue weighted by Crippen LogP contribution is -2.23. The molecular formula is C14H17ClN2. The summed E-state index contributed by atoms with van der Waals surface area (Å²) in [7, 11) is 2.08. The fourth-order valence-electron chi connectivity index (χ4n) is 2.68. The van der Waals surface area contributed by atoms with Gasteiger partial charge < -0.3 is 9.88 Å². The molecule has 3 heteroatoms. The highest BCUT2D eigenvalue weighted by Gasteiger charge is 2.16. The van der Waals surface area contributed by atoms with Crippen molar-refractivity contribution in [2.45, 2.75) is 25.3 Å². The number of nitrogens with zero attached hydrogens (tertiary/aromatic N) is 1. The minimum atomic E-state index is 0.602. The van der Waals surface area contributed by atoms with Gasteiger partial charge in [-0.2, -0.15) is 0 Å². The fraction of sp³-hybridized carbons (Fsp3) is 0.429. The maximum Gasteiger partial charge on any atom is 0.0481 e. The molecule has 0 spiro atoms. The van der Waals surface area contributed by atoms with E-state index in [-0.39, 0.29) is 0 Å². The number of benzene rings is 1. The van der Waals surface area contributed by atoms with Crippen LogP contribution in [0.3, 0.4) is 0 Å². The molecule has 1 aromatic carbocycles. The van der Waals surface area contributed by atoms with E-state index >= 15 is 0 Å². The summed E-state index contributed by atoms with van der Waals surface area (Å²) >= 11 is 6.35. The van der Waals surface area contributed by atoms with Gasteiger partial charge in [-0.05, 0) is 49.6 Å². The second-order valence-electron chi connectivity index (χ2n) is 4.93. The zero-order valence-electron chi connectivity index (χ0n) is 10.0. The Morgan fingerprint density at radius 1 is 1.47 bits per heavy atom. The van der Waals surface area contributed by atoms with Crippen LogP contribution < -0.4 is 5.32 Å². The fourth-order valence-corrected chi connectivity index (χ4v) is 2.93. The summed E-state index contributed by atoms with van der Waals surface area (Å²) in [6.07, 6.45) is 5.68. The van der Waals surface area contributed by atoms with Crippen molar-refractivity contribution in [3.63, 3.8) is 0 Å². The third kappa shape index (κ3) is 2.07. The second-order valence-corrected chi connectivity index (χ2v) is 5.33. The molecule has 2 nitrogen and oxygen atoms in total. The Kier molecular flexibility index (Phi) is 2.85. The number of halogens is 1. The van der Waals surface area contributed by atoms with Gasteiger partial charge in [0.1, 0.15) is 0 Å². The van der Waals surface area contributed by atoms with Gasteiger partial charge in [0.05, 0.1) is 0 Å². The molecule has 1 saturated heterocycles. The normalized spacial score (nSPS) is 20.2. The molecule has 17 heavy (non-hydrogen) atoms. The predicted octanol–water partition coefficient (Wildman–Crippen LogP) is 3.13. The average molecular weight is 249 g/mol. The Morgan fingerprint density at radius 3 is 3.12 bits per heavy atom. The molecular weight excluding hydrogens is 232 g/mol. The molecule has 2 heterocycles. The molecule has 1 unspecified atom stereocenters. The molecule has 0 saturated carbocycles. The Morgan fingerprint density at radius 2 is 2.35 bits per heavy atom. The summed E-state index contributed by atoms with van der Waals surface area (Å²) in [4.78, 5) is 0. The number of rotatable bonds is 2. The standard InChI is InChI=1S/C14H17ClN2/c1-17-6-4-10-8-13(15)11(9-14(10)17)7-12-3-2-5-16-12/h4,6,8-9,12,16H,2-3,5,7H2,1H3. The lowest BCUT2D eigenvalue weighted by atomic mass is 10.0. The number of hydrogen-bond acceptors (Lipinski definition) is 1. The zero-order valence-corrected chi connectivity index (χ0v) is 10.8. The number of nitrogens with one attached hydrogen (secondary N) is 1. The number of aryl methyl sites for hydroxylation is 1. The molecule has 1 N–H and O–H groups in total. The van der Waals surface area contributed by atoms with E-state index < -0.39 is 0 Å². The molecule has 0 bridgehead atoms. The first-order valence-electron chi connectivity index (χ1n) is 6.21. The Balaban J connectivity index is 1.96. The van der Waals surface area contributed by atoms with Crippen molar-refractivity contribution in [3.8, 4) is 0 Å². The van der Waals surface area contributed by atoms with Gasteiger partial charge in [-0.3, -0.25) is 0 Å². The summed E-state index contributed by atoms with van der Waals surface area (Å²) in [6.45, 7) is 1.15. The third-order valence-corrected chi connectivity index (χ3v) is 4.03. The van der Waals surface area contributed by atoms with Gasteiger partial charge in [-0.1, -0.05) is 11.6 Å². The van der Waals surface area contributed by atoms with E-state index in [1.165, 1.54) is 29.3 Å². The van der Waals surface area contributed by atoms with E-state index in [1.807, 2.05) is 0 Å². The van der Waals surface area contributed by atoms with Gasteiger partial charge in [-0.25, -0.2) is 0 Å². The lowest BCUT2D eigenvalue weighted by molar-refractivity contribution is 0.603. The zero-order chi connectivity index (χ0) is 11.8. The van der Waals surface area contributed by atoms with Crippen molar-refractivity contribution in [1.82, 2.24) is 9.88 Å². The molecule has 3 rings (SSSR count). The van der Waals surface area contributed by atoms with Crippen LogP contribution in [-0.4, -0.2) is 17.2 Å². The van der Waals surface area contributed by atoms with Crippen LogP contribution in [-0.2, 0) is 13.5 Å². The van der Waals surface area contributed by atoms with E-state index in [0.717, 1.165) is 18.0 Å². The van der Waals surface area contributed by atoms with Crippen molar-refractivity contribution in [2.24, 2.45) is 7.05 Å². The molecule has 1 aromatic heterocycles. The molecule has 0 aliphatic carbocycles. The number of hydrogen-bond donors (Lipinski definition) is 1. The first-order valence-corrected chi connectivity index (χ1v) is 6.58. The van der Waals surface area contributed by atoms with Crippen LogP contribution in [0.2, 0.25) is 5.02 Å². The van der Waals surface area contributed by atoms with Crippen molar-refractivity contribution >= 4 is 22.5 Å². The minimum absolute atomic E-state index is 0.602. The quantitative estimate of drug-likeness (QED) is 0.864. The van der Waals surface area contributed by atoms with Crippen LogP contribution in [0.25, 0.3) is 10.9 Å². The van der Waals surface area contributed by atoms with E-state index in [0.29, 0.717) is 6.04 Å². The van der Waals surface area contributed by atoms with Crippen molar-refractivity contribution in [3.05, 3.63) is 35.0 Å². The summed E-state index contributed by atoms with van der Waals surface area (Å²) in [6, 6.07) is 7.03. The summed E-state index contributed by atoms with van der Waals surface area (Å²) in [5, 5.41) is 5.65. The van der Waals surface area contributed by atoms with E-state index in [4.69, 9.17) is 11.6 Å². The highest BCUT2D eigenvalue weighted by atomic mass is 35.5. The maximum atomic E-state index is 6.35. The maximum absolute atomic E-state index is 6.35. The van der Waals surface area contributed by atoms with Crippen LogP contribution in [0.1, 0.15) is 18.4 Å². The highest BCUT2D eigenvalue weighted by Crippen LogP contribution is 2.26. The van der Waals surface area contributed by atoms with Gasteiger partial charge in [0, 0.05) is 35.2 Å². The summed E-state index contributed by atoms with van der Waals surface area (Å²) in [5.74, 6) is 0. The van der Waals surface area contributed by atoms with Crippen LogP contribution in [0, 0.1) is 0 Å². The Bertz CT molecular complexity index is 538. The molecule has 1 aliphatic heterocycles. The average Bonchev–Trinajstić information content (AvgIpc) is 2.92. The van der Waals surface area contributed by atoms with Crippen molar-refractivity contribution in [1.29, 1.82) is 0 Å². The first-order chi connectivity index (χ1) is 8.24. The van der Waals surface area contributed by atoms with Gasteiger partial charge in [0.15, 0.2) is 0 Å². The van der Waals surface area contributed by atoms with Crippen molar-refractivity contribution in [2.75, 3.05) is 6.54 Å². The minimum Gasteiger partial charge on any atom is -0.351 e. The van der Waals surface area contributed by atoms with E-state index in [9.17, 15) is 0 Å². The number of fused-ring (bicyclic) bond motifs is 1. The molecule has 1 fully saturated rings. The van der Waals surface area contributed by atoms with Gasteiger partial charge in [0.25, 0.3) is 0 Å². The molecule has 1 atom stereocenters. The molecule has 0 amide bonds. The van der Waals surface area contributed by atoms with Gasteiger partial charge in [0.2, 0.25) is 0 Å². The first kappa shape index (κ1) is 11.1. The molecule has 2 aromatic rings. The van der Waals surface area contributed by atoms with E-state index in [2.05, 4.69) is 41.3 Å². The van der Waals surface area contributed by atoms with Crippen molar-refractivity contribution < 1.29 is 0 Å². The topological polar surface area (TPSA) is 17.0 Å². The third-order valence-electron chi connectivity index (χ3n) is 3.68. The van der Waals surface area contributed by atoms with Crippen LogP contribution in [0.4, 0.5) is 0 Å². The van der Waals surface area contributed by atoms with Crippen LogP contribution in [0.15, 0.2) is 24.4 Å². The summed E-state index contributed by atoms with van der Waals surface area (Å²) in [5.41, 5.74) is 2.53. The van der Waals surface area contributed by atoms with E-state index in [1.54, 1.807) is 0 Å². The summed E-state index contributed by atoms with van der Waals surface area (Å²) < 4.78 is 2.15. The highest BCUT2D eigenvalue weighted by molar-refractivity contribution is 6.32. The molecule has 1 aliphatic rings. The predicted molar refractivity (Wildman–Crippen MR) is 72.7 cm³/mol. The number of aromatic nitrogens is 1. The molecule has 0 radical (unpaired) electrons. The van der Waals surface area contributed by atoms with Gasteiger partial charge >= 0.3 is 0 Å². The SMILES string of the molecule is Cn1ccc2cc(Cl)c(CC3CCCN3)cc21. The van der Waals surface area contributed by atoms with Crippen LogP contribution >= 0.6 is 11.6 Å². The van der Waals surface area contributed by atoms with Gasteiger partial charge in [-0.15, -0.1) is 0 Å². The second kappa shape index (κ2) is 4.35. The smallest absolute Gasteiger partial charge is 0.0481 e. The molecule has 90 valence electrons. The van der Waals surface area contributed by atoms with Crippen LogP contribution in [0.5, 0.6) is 0 Å². The largest absolute Gasteiger partial charge is 0.351 e. The Labute approximate surface area is 107 Å². The lowest BCUT2D eigenvalue weighted by Gasteiger charge is -2.12. The monoisotopic (exact) mass is 248 g/mol.